The molecule has 37 heavy (non-hydrogen) atoms. The summed E-state index contributed by atoms with van der Waals surface area (Å²) in [6.45, 7) is 4.16. The fourth-order valence-electron chi connectivity index (χ4n) is 5.34. The SMILES string of the molecule is CNc1ncnc2c1ccn2C1CCC(CNCCCNCCc2cccc(Oc3ccccc3)c2)C1. The Hall–Kier alpha value is -3.42. The van der Waals surface area contributed by atoms with E-state index in [9.17, 15) is 0 Å². The van der Waals surface area contributed by atoms with Crippen LogP contribution in [0.2, 0.25) is 0 Å². The zero-order valence-corrected chi connectivity index (χ0v) is 21.7. The van der Waals surface area contributed by atoms with E-state index in [1.54, 1.807) is 6.33 Å². The van der Waals surface area contributed by atoms with E-state index in [4.69, 9.17) is 4.74 Å². The van der Waals surface area contributed by atoms with Gasteiger partial charge in [0.25, 0.3) is 0 Å². The van der Waals surface area contributed by atoms with Crippen LogP contribution in [-0.2, 0) is 6.42 Å². The maximum absolute atomic E-state index is 5.95. The van der Waals surface area contributed by atoms with Gasteiger partial charge in [-0.05, 0) is 100 Å². The fourth-order valence-corrected chi connectivity index (χ4v) is 5.34. The molecule has 3 N–H and O–H groups in total. The zero-order chi connectivity index (χ0) is 25.3. The van der Waals surface area contributed by atoms with Gasteiger partial charge in [-0.1, -0.05) is 30.3 Å². The molecule has 2 unspecified atom stereocenters. The molecule has 0 aliphatic heterocycles. The molecule has 0 bridgehead atoms. The first-order valence-electron chi connectivity index (χ1n) is 13.5. The first kappa shape index (κ1) is 25.2. The standard InChI is InChI=1S/C30H38N6O/c1-31-29-28-14-18-36(30(28)35-22-34-29)25-12-11-24(19-25)21-33-16-6-15-32-17-13-23-7-5-10-27(20-23)37-26-8-3-2-4-9-26/h2-5,7-10,14,18,20,22,24-25,32-33H,6,11-13,15-17,19,21H2,1H3,(H,31,34,35). The number of anilines is 1. The van der Waals surface area contributed by atoms with Crippen LogP contribution < -0.4 is 20.7 Å². The van der Waals surface area contributed by atoms with E-state index >= 15 is 0 Å². The maximum Gasteiger partial charge on any atom is 0.145 e. The summed E-state index contributed by atoms with van der Waals surface area (Å²) in [5, 5.41) is 11.5. The lowest BCUT2D eigenvalue weighted by atomic mass is 10.1. The highest BCUT2D eigenvalue weighted by atomic mass is 16.5. The topological polar surface area (TPSA) is 76.0 Å². The number of hydrogen-bond acceptors (Lipinski definition) is 6. The summed E-state index contributed by atoms with van der Waals surface area (Å²) in [6.07, 6.45) is 9.67. The number of aromatic nitrogens is 3. The Morgan fingerprint density at radius 1 is 0.919 bits per heavy atom. The molecule has 2 atom stereocenters. The second kappa shape index (κ2) is 12.7. The van der Waals surface area contributed by atoms with E-state index in [2.05, 4.69) is 60.9 Å². The molecule has 0 amide bonds. The van der Waals surface area contributed by atoms with Crippen LogP contribution in [-0.4, -0.2) is 47.8 Å². The molecular formula is C30H38N6O. The van der Waals surface area contributed by atoms with Gasteiger partial charge in [0.1, 0.15) is 29.3 Å². The largest absolute Gasteiger partial charge is 0.457 e. The third kappa shape index (κ3) is 6.67. The van der Waals surface area contributed by atoms with Crippen molar-refractivity contribution < 1.29 is 4.74 Å². The van der Waals surface area contributed by atoms with E-state index in [0.29, 0.717) is 6.04 Å². The van der Waals surface area contributed by atoms with Crippen LogP contribution in [0.3, 0.4) is 0 Å². The lowest BCUT2D eigenvalue weighted by Crippen LogP contribution is -2.26. The smallest absolute Gasteiger partial charge is 0.145 e. The molecule has 1 aliphatic carbocycles. The van der Waals surface area contributed by atoms with Crippen molar-refractivity contribution in [2.75, 3.05) is 38.5 Å². The minimum absolute atomic E-state index is 0.530. The average Bonchev–Trinajstić information content (AvgIpc) is 3.58. The molecule has 194 valence electrons. The van der Waals surface area contributed by atoms with Crippen LogP contribution >= 0.6 is 0 Å². The predicted molar refractivity (Wildman–Crippen MR) is 150 cm³/mol. The van der Waals surface area contributed by atoms with Crippen molar-refractivity contribution >= 4 is 16.9 Å². The minimum atomic E-state index is 0.530. The Labute approximate surface area is 219 Å². The van der Waals surface area contributed by atoms with Gasteiger partial charge in [0.2, 0.25) is 0 Å². The molecule has 4 aromatic rings. The lowest BCUT2D eigenvalue weighted by molar-refractivity contribution is 0.452. The normalized spacial score (nSPS) is 17.3. The van der Waals surface area contributed by atoms with Gasteiger partial charge in [-0.3, -0.25) is 0 Å². The van der Waals surface area contributed by atoms with Gasteiger partial charge in [-0.2, -0.15) is 0 Å². The molecule has 1 fully saturated rings. The van der Waals surface area contributed by atoms with Crippen LogP contribution in [0.25, 0.3) is 11.0 Å². The second-order valence-corrected chi connectivity index (χ2v) is 9.89. The first-order valence-corrected chi connectivity index (χ1v) is 13.5. The van der Waals surface area contributed by atoms with Crippen molar-refractivity contribution in [2.24, 2.45) is 5.92 Å². The quantitative estimate of drug-likeness (QED) is 0.214. The van der Waals surface area contributed by atoms with Crippen LogP contribution in [0.4, 0.5) is 5.82 Å². The van der Waals surface area contributed by atoms with E-state index in [1.807, 2.05) is 43.4 Å². The maximum atomic E-state index is 5.95. The first-order chi connectivity index (χ1) is 18.3. The van der Waals surface area contributed by atoms with Gasteiger partial charge < -0.3 is 25.3 Å². The molecule has 1 aliphatic rings. The summed E-state index contributed by atoms with van der Waals surface area (Å²) in [5.74, 6) is 3.39. The minimum Gasteiger partial charge on any atom is -0.457 e. The molecule has 0 radical (unpaired) electrons. The molecule has 7 heteroatoms. The summed E-state index contributed by atoms with van der Waals surface area (Å²) in [7, 11) is 1.91. The number of ether oxygens (including phenoxy) is 1. The molecule has 2 heterocycles. The van der Waals surface area contributed by atoms with Crippen LogP contribution in [0.5, 0.6) is 11.5 Å². The molecule has 0 saturated heterocycles. The molecule has 7 nitrogen and oxygen atoms in total. The summed E-state index contributed by atoms with van der Waals surface area (Å²) >= 11 is 0. The monoisotopic (exact) mass is 498 g/mol. The Balaban J connectivity index is 0.957. The number of hydrogen-bond donors (Lipinski definition) is 3. The highest BCUT2D eigenvalue weighted by molar-refractivity contribution is 5.87. The number of para-hydroxylation sites is 1. The van der Waals surface area contributed by atoms with E-state index < -0.39 is 0 Å². The molecule has 2 aromatic heterocycles. The summed E-state index contributed by atoms with van der Waals surface area (Å²) < 4.78 is 8.30. The summed E-state index contributed by atoms with van der Waals surface area (Å²) in [4.78, 5) is 8.89. The molecular weight excluding hydrogens is 460 g/mol. The Bertz CT molecular complexity index is 1260. The Kier molecular flexibility index (Phi) is 8.66. The second-order valence-electron chi connectivity index (χ2n) is 9.89. The number of benzene rings is 2. The number of nitrogens with zero attached hydrogens (tertiary/aromatic N) is 3. The van der Waals surface area contributed by atoms with Gasteiger partial charge in [0, 0.05) is 19.3 Å². The predicted octanol–water partition coefficient (Wildman–Crippen LogP) is 5.42. The average molecular weight is 499 g/mol. The highest BCUT2D eigenvalue weighted by Crippen LogP contribution is 2.36. The van der Waals surface area contributed by atoms with Crippen LogP contribution in [0, 0.1) is 5.92 Å². The third-order valence-electron chi connectivity index (χ3n) is 7.26. The van der Waals surface area contributed by atoms with E-state index in [-0.39, 0.29) is 0 Å². The summed E-state index contributed by atoms with van der Waals surface area (Å²) in [6, 6.07) is 21.0. The summed E-state index contributed by atoms with van der Waals surface area (Å²) in [5.41, 5.74) is 2.33. The van der Waals surface area contributed by atoms with Crippen molar-refractivity contribution in [3.05, 3.63) is 78.8 Å². The van der Waals surface area contributed by atoms with Crippen LogP contribution in [0.15, 0.2) is 73.2 Å². The number of nitrogens with one attached hydrogen (secondary N) is 3. The van der Waals surface area contributed by atoms with Gasteiger partial charge in [0.05, 0.1) is 5.39 Å². The lowest BCUT2D eigenvalue weighted by Gasteiger charge is -2.15. The fraction of sp³-hybridized carbons (Fsp3) is 0.400. The molecule has 1 saturated carbocycles. The van der Waals surface area contributed by atoms with Crippen molar-refractivity contribution in [3.63, 3.8) is 0 Å². The van der Waals surface area contributed by atoms with Crippen molar-refractivity contribution in [3.8, 4) is 11.5 Å². The van der Waals surface area contributed by atoms with Crippen LogP contribution in [0.1, 0.15) is 37.3 Å². The van der Waals surface area contributed by atoms with Crippen molar-refractivity contribution in [1.82, 2.24) is 25.2 Å². The van der Waals surface area contributed by atoms with Crippen molar-refractivity contribution in [1.29, 1.82) is 0 Å². The number of rotatable bonds is 13. The van der Waals surface area contributed by atoms with E-state index in [0.717, 1.165) is 73.3 Å². The Morgan fingerprint density at radius 3 is 2.68 bits per heavy atom. The van der Waals surface area contributed by atoms with Crippen molar-refractivity contribution in [2.45, 2.75) is 38.1 Å². The van der Waals surface area contributed by atoms with Gasteiger partial charge >= 0.3 is 0 Å². The van der Waals surface area contributed by atoms with E-state index in [1.165, 1.54) is 24.8 Å². The van der Waals surface area contributed by atoms with Gasteiger partial charge in [-0.15, -0.1) is 0 Å². The third-order valence-corrected chi connectivity index (χ3v) is 7.26. The van der Waals surface area contributed by atoms with Gasteiger partial charge in [-0.25, -0.2) is 9.97 Å². The zero-order valence-electron chi connectivity index (χ0n) is 21.7. The highest BCUT2D eigenvalue weighted by Gasteiger charge is 2.26. The molecule has 5 rings (SSSR count). The molecule has 2 aromatic carbocycles. The number of fused-ring (bicyclic) bond motifs is 1. The van der Waals surface area contributed by atoms with Gasteiger partial charge in [0.15, 0.2) is 0 Å². The molecule has 0 spiro atoms. The Morgan fingerprint density at radius 2 is 1.78 bits per heavy atom.